The molecule has 0 radical (unpaired) electrons. The Balaban J connectivity index is 2.35. The van der Waals surface area contributed by atoms with Gasteiger partial charge in [0.05, 0.1) is 5.69 Å². The van der Waals surface area contributed by atoms with Gasteiger partial charge in [-0.1, -0.05) is 13.8 Å². The Bertz CT molecular complexity index is 273. The van der Waals surface area contributed by atoms with Gasteiger partial charge in [-0.05, 0) is 26.6 Å². The Morgan fingerprint density at radius 3 is 2.93 bits per heavy atom. The number of hydrogen-bond acceptors (Lipinski definition) is 4. The van der Waals surface area contributed by atoms with Crippen LogP contribution in [0.5, 0.6) is 0 Å². The first-order chi connectivity index (χ1) is 7.26. The van der Waals surface area contributed by atoms with Crippen molar-refractivity contribution in [2.24, 2.45) is 0 Å². The van der Waals surface area contributed by atoms with Crippen molar-refractivity contribution in [1.29, 1.82) is 0 Å². The van der Waals surface area contributed by atoms with Gasteiger partial charge in [-0.3, -0.25) is 0 Å². The lowest BCUT2D eigenvalue weighted by Gasteiger charge is -2.10. The van der Waals surface area contributed by atoms with Crippen LogP contribution in [0.2, 0.25) is 0 Å². The van der Waals surface area contributed by atoms with Gasteiger partial charge in [0.15, 0.2) is 0 Å². The minimum atomic E-state index is 0.911. The van der Waals surface area contributed by atoms with E-state index in [1.807, 2.05) is 0 Å². The van der Waals surface area contributed by atoms with E-state index in [2.05, 4.69) is 41.5 Å². The van der Waals surface area contributed by atoms with Crippen molar-refractivity contribution >= 4 is 11.3 Å². The Kier molecular flexibility index (Phi) is 5.83. The van der Waals surface area contributed by atoms with E-state index in [-0.39, 0.29) is 0 Å². The fourth-order valence-corrected chi connectivity index (χ4v) is 2.02. The maximum atomic E-state index is 4.58. The first-order valence-corrected chi connectivity index (χ1v) is 6.46. The zero-order chi connectivity index (χ0) is 11.1. The standard InChI is InChI=1S/C11H21N3S/c1-4-6-12-7-11-13-10(9-15-11)8-14(3)5-2/h9,12H,4-8H2,1-3H3. The molecule has 0 bridgehead atoms. The summed E-state index contributed by atoms with van der Waals surface area (Å²) < 4.78 is 0. The molecule has 0 saturated carbocycles. The molecule has 0 amide bonds. The molecule has 1 rings (SSSR count). The van der Waals surface area contributed by atoms with E-state index in [1.54, 1.807) is 11.3 Å². The van der Waals surface area contributed by atoms with E-state index in [0.717, 1.165) is 26.2 Å². The maximum absolute atomic E-state index is 4.58. The summed E-state index contributed by atoms with van der Waals surface area (Å²) >= 11 is 1.75. The largest absolute Gasteiger partial charge is 0.310 e. The Hall–Kier alpha value is -0.450. The summed E-state index contributed by atoms with van der Waals surface area (Å²) in [6.45, 7) is 8.35. The normalized spacial score (nSPS) is 11.2. The lowest BCUT2D eigenvalue weighted by molar-refractivity contribution is 0.342. The van der Waals surface area contributed by atoms with Gasteiger partial charge in [0.25, 0.3) is 0 Å². The predicted molar refractivity (Wildman–Crippen MR) is 66.1 cm³/mol. The summed E-state index contributed by atoms with van der Waals surface area (Å²) in [5, 5.41) is 6.73. The van der Waals surface area contributed by atoms with Crippen LogP contribution in [0, 0.1) is 0 Å². The fraction of sp³-hybridized carbons (Fsp3) is 0.727. The molecule has 1 aromatic heterocycles. The van der Waals surface area contributed by atoms with Gasteiger partial charge in [0.2, 0.25) is 0 Å². The molecule has 0 unspecified atom stereocenters. The second-order valence-corrected chi connectivity index (χ2v) is 4.68. The molecule has 0 aliphatic rings. The summed E-state index contributed by atoms with van der Waals surface area (Å²) in [7, 11) is 2.12. The summed E-state index contributed by atoms with van der Waals surface area (Å²) in [5.41, 5.74) is 1.19. The molecule has 0 saturated heterocycles. The Morgan fingerprint density at radius 2 is 2.27 bits per heavy atom. The van der Waals surface area contributed by atoms with Crippen molar-refractivity contribution in [1.82, 2.24) is 15.2 Å². The zero-order valence-electron chi connectivity index (χ0n) is 9.92. The van der Waals surface area contributed by atoms with Crippen LogP contribution in [0.15, 0.2) is 5.38 Å². The molecular formula is C11H21N3S. The van der Waals surface area contributed by atoms with Crippen LogP contribution in [0.1, 0.15) is 31.0 Å². The molecule has 4 heteroatoms. The monoisotopic (exact) mass is 227 g/mol. The molecule has 1 N–H and O–H groups in total. The highest BCUT2D eigenvalue weighted by molar-refractivity contribution is 7.09. The quantitative estimate of drug-likeness (QED) is 0.723. The lowest BCUT2D eigenvalue weighted by Crippen LogP contribution is -2.17. The molecule has 86 valence electrons. The van der Waals surface area contributed by atoms with E-state index >= 15 is 0 Å². The molecule has 0 aromatic carbocycles. The van der Waals surface area contributed by atoms with Crippen molar-refractivity contribution in [3.8, 4) is 0 Å². The summed E-state index contributed by atoms with van der Waals surface area (Å²) in [5.74, 6) is 0. The van der Waals surface area contributed by atoms with Crippen LogP contribution >= 0.6 is 11.3 Å². The molecule has 15 heavy (non-hydrogen) atoms. The highest BCUT2D eigenvalue weighted by Gasteiger charge is 2.03. The van der Waals surface area contributed by atoms with Crippen molar-refractivity contribution in [2.75, 3.05) is 20.1 Å². The van der Waals surface area contributed by atoms with Gasteiger partial charge in [-0.2, -0.15) is 0 Å². The van der Waals surface area contributed by atoms with E-state index in [1.165, 1.54) is 17.1 Å². The minimum Gasteiger partial charge on any atom is -0.310 e. The van der Waals surface area contributed by atoms with E-state index in [0.29, 0.717) is 0 Å². The number of nitrogens with zero attached hydrogens (tertiary/aromatic N) is 2. The number of hydrogen-bond donors (Lipinski definition) is 1. The molecule has 0 spiro atoms. The molecule has 0 aliphatic heterocycles. The highest BCUT2D eigenvalue weighted by atomic mass is 32.1. The van der Waals surface area contributed by atoms with Crippen molar-refractivity contribution < 1.29 is 0 Å². The Labute approximate surface area is 96.5 Å². The molecule has 0 aliphatic carbocycles. The number of rotatable bonds is 7. The van der Waals surface area contributed by atoms with Crippen molar-refractivity contribution in [3.63, 3.8) is 0 Å². The molecule has 1 aromatic rings. The van der Waals surface area contributed by atoms with Crippen LogP contribution in [0.25, 0.3) is 0 Å². The van der Waals surface area contributed by atoms with Gasteiger partial charge in [0, 0.05) is 18.5 Å². The Morgan fingerprint density at radius 1 is 1.47 bits per heavy atom. The van der Waals surface area contributed by atoms with Crippen LogP contribution < -0.4 is 5.32 Å². The van der Waals surface area contributed by atoms with E-state index in [9.17, 15) is 0 Å². The summed E-state index contributed by atoms with van der Waals surface area (Å²) in [6, 6.07) is 0. The molecular weight excluding hydrogens is 206 g/mol. The first-order valence-electron chi connectivity index (χ1n) is 5.58. The summed E-state index contributed by atoms with van der Waals surface area (Å²) in [4.78, 5) is 6.85. The average molecular weight is 227 g/mol. The van der Waals surface area contributed by atoms with Gasteiger partial charge < -0.3 is 10.2 Å². The van der Waals surface area contributed by atoms with Crippen molar-refractivity contribution in [3.05, 3.63) is 16.1 Å². The molecule has 0 fully saturated rings. The van der Waals surface area contributed by atoms with E-state index < -0.39 is 0 Å². The topological polar surface area (TPSA) is 28.2 Å². The number of thiazole rings is 1. The molecule has 0 atom stereocenters. The zero-order valence-corrected chi connectivity index (χ0v) is 10.7. The molecule has 3 nitrogen and oxygen atoms in total. The molecule has 1 heterocycles. The van der Waals surface area contributed by atoms with Crippen LogP contribution in [-0.2, 0) is 13.1 Å². The SMILES string of the molecule is CCCNCc1nc(CN(C)CC)cs1. The van der Waals surface area contributed by atoms with E-state index in [4.69, 9.17) is 0 Å². The third-order valence-corrected chi connectivity index (χ3v) is 3.17. The first kappa shape index (κ1) is 12.6. The fourth-order valence-electron chi connectivity index (χ4n) is 1.26. The van der Waals surface area contributed by atoms with Gasteiger partial charge in [-0.25, -0.2) is 4.98 Å². The van der Waals surface area contributed by atoms with Crippen LogP contribution in [0.4, 0.5) is 0 Å². The van der Waals surface area contributed by atoms with Crippen LogP contribution in [0.3, 0.4) is 0 Å². The number of nitrogens with one attached hydrogen (secondary N) is 1. The average Bonchev–Trinajstić information content (AvgIpc) is 2.66. The second kappa shape index (κ2) is 6.93. The van der Waals surface area contributed by atoms with Gasteiger partial charge in [0.1, 0.15) is 5.01 Å². The van der Waals surface area contributed by atoms with Crippen molar-refractivity contribution in [2.45, 2.75) is 33.4 Å². The van der Waals surface area contributed by atoms with Gasteiger partial charge >= 0.3 is 0 Å². The predicted octanol–water partition coefficient (Wildman–Crippen LogP) is 2.09. The number of aromatic nitrogens is 1. The summed E-state index contributed by atoms with van der Waals surface area (Å²) in [6.07, 6.45) is 1.18. The highest BCUT2D eigenvalue weighted by Crippen LogP contribution is 2.10. The third kappa shape index (κ3) is 4.73. The smallest absolute Gasteiger partial charge is 0.107 e. The lowest BCUT2D eigenvalue weighted by atomic mass is 10.4. The second-order valence-electron chi connectivity index (χ2n) is 3.74. The van der Waals surface area contributed by atoms with Crippen LogP contribution in [-0.4, -0.2) is 30.0 Å². The maximum Gasteiger partial charge on any atom is 0.107 e. The van der Waals surface area contributed by atoms with Gasteiger partial charge in [-0.15, -0.1) is 11.3 Å². The third-order valence-electron chi connectivity index (χ3n) is 2.27. The minimum absolute atomic E-state index is 0.911.